The zero-order valence-corrected chi connectivity index (χ0v) is 13.9. The lowest BCUT2D eigenvalue weighted by atomic mass is 10.1. The van der Waals surface area contributed by atoms with E-state index in [4.69, 9.17) is 5.73 Å². The summed E-state index contributed by atoms with van der Waals surface area (Å²) in [5.74, 6) is 0.295. The van der Waals surface area contributed by atoms with Crippen molar-refractivity contribution in [3.05, 3.63) is 65.0 Å². The van der Waals surface area contributed by atoms with Crippen molar-refractivity contribution in [3.63, 3.8) is 0 Å². The van der Waals surface area contributed by atoms with Crippen LogP contribution in [0.5, 0.6) is 0 Å². The molecule has 3 N–H and O–H groups in total. The number of carbonyl (C=O) groups excluding carboxylic acids is 1. The Bertz CT molecular complexity index is 1050. The number of H-pyrrole nitrogens is 1. The van der Waals surface area contributed by atoms with Crippen LogP contribution < -0.4 is 5.73 Å². The second kappa shape index (κ2) is 5.62. The third-order valence-corrected chi connectivity index (χ3v) is 4.87. The van der Waals surface area contributed by atoms with Gasteiger partial charge >= 0.3 is 0 Å². The Morgan fingerprint density at radius 3 is 2.67 bits per heavy atom. The number of imidazole rings is 1. The van der Waals surface area contributed by atoms with Crippen LogP contribution in [0.15, 0.2) is 53.9 Å². The SMILES string of the molecule is Cc1cc(C(N)=O)c2nc(-c3cc(-c4ccccc4)cs3)[nH]c2c1. The molecule has 0 aliphatic heterocycles. The molecule has 0 saturated heterocycles. The first-order valence-electron chi connectivity index (χ1n) is 7.56. The molecule has 2 aromatic carbocycles. The number of hydrogen-bond acceptors (Lipinski definition) is 3. The minimum atomic E-state index is -0.460. The number of aryl methyl sites for hydroxylation is 1. The number of aromatic nitrogens is 2. The highest BCUT2D eigenvalue weighted by atomic mass is 32.1. The molecule has 5 heteroatoms. The second-order valence-corrected chi connectivity index (χ2v) is 6.64. The summed E-state index contributed by atoms with van der Waals surface area (Å²) >= 11 is 1.62. The van der Waals surface area contributed by atoms with Gasteiger partial charge in [0.05, 0.1) is 16.0 Å². The average Bonchev–Trinajstić information content (AvgIpc) is 3.21. The van der Waals surface area contributed by atoms with Crippen LogP contribution in [0, 0.1) is 6.92 Å². The topological polar surface area (TPSA) is 71.8 Å². The van der Waals surface area contributed by atoms with E-state index in [0.29, 0.717) is 11.1 Å². The summed E-state index contributed by atoms with van der Waals surface area (Å²) in [7, 11) is 0. The van der Waals surface area contributed by atoms with Crippen LogP contribution in [0.1, 0.15) is 15.9 Å². The van der Waals surface area contributed by atoms with Crippen LogP contribution >= 0.6 is 11.3 Å². The minimum absolute atomic E-state index is 0.451. The molecule has 2 aromatic heterocycles. The molecular formula is C19H15N3OS. The van der Waals surface area contributed by atoms with Gasteiger partial charge in [0.25, 0.3) is 5.91 Å². The number of nitrogens with one attached hydrogen (secondary N) is 1. The first-order chi connectivity index (χ1) is 11.6. The van der Waals surface area contributed by atoms with Crippen molar-refractivity contribution in [1.29, 1.82) is 0 Å². The predicted octanol–water partition coefficient (Wildman–Crippen LogP) is 4.37. The highest BCUT2D eigenvalue weighted by Crippen LogP contribution is 2.32. The lowest BCUT2D eigenvalue weighted by Crippen LogP contribution is -2.11. The standard InChI is InChI=1S/C19H15N3OS/c1-11-7-14(18(20)23)17-15(8-11)21-19(22-17)16-9-13(10-24-16)12-5-3-2-4-6-12/h2-10H,1H3,(H2,20,23)(H,21,22). The molecule has 4 rings (SSSR count). The van der Waals surface area contributed by atoms with E-state index in [0.717, 1.165) is 27.3 Å². The molecule has 0 radical (unpaired) electrons. The first kappa shape index (κ1) is 14.7. The van der Waals surface area contributed by atoms with Crippen molar-refractivity contribution in [2.24, 2.45) is 5.73 Å². The summed E-state index contributed by atoms with van der Waals surface area (Å²) in [4.78, 5) is 20.6. The molecule has 0 unspecified atom stereocenters. The lowest BCUT2D eigenvalue weighted by Gasteiger charge is -1.98. The van der Waals surface area contributed by atoms with Crippen molar-refractivity contribution in [3.8, 4) is 21.8 Å². The summed E-state index contributed by atoms with van der Waals surface area (Å²) < 4.78 is 0. The van der Waals surface area contributed by atoms with E-state index in [1.54, 1.807) is 17.4 Å². The lowest BCUT2D eigenvalue weighted by molar-refractivity contribution is 0.100. The molecule has 0 aliphatic rings. The highest BCUT2D eigenvalue weighted by Gasteiger charge is 2.14. The van der Waals surface area contributed by atoms with E-state index >= 15 is 0 Å². The molecule has 118 valence electrons. The fourth-order valence-corrected chi connectivity index (χ4v) is 3.67. The van der Waals surface area contributed by atoms with Crippen molar-refractivity contribution in [1.82, 2.24) is 9.97 Å². The Labute approximate surface area is 143 Å². The maximum Gasteiger partial charge on any atom is 0.250 e. The highest BCUT2D eigenvalue weighted by molar-refractivity contribution is 7.13. The number of aromatic amines is 1. The van der Waals surface area contributed by atoms with Gasteiger partial charge in [0.1, 0.15) is 11.3 Å². The maximum atomic E-state index is 11.7. The molecule has 0 fully saturated rings. The number of fused-ring (bicyclic) bond motifs is 1. The van der Waals surface area contributed by atoms with Crippen LogP contribution in [-0.2, 0) is 0 Å². The van der Waals surface area contributed by atoms with Crippen molar-refractivity contribution < 1.29 is 4.79 Å². The molecule has 4 aromatic rings. The van der Waals surface area contributed by atoms with E-state index in [2.05, 4.69) is 33.5 Å². The Morgan fingerprint density at radius 2 is 1.92 bits per heavy atom. The summed E-state index contributed by atoms with van der Waals surface area (Å²) in [6.45, 7) is 1.94. The molecule has 0 bridgehead atoms. The summed E-state index contributed by atoms with van der Waals surface area (Å²) in [5, 5.41) is 2.11. The number of carbonyl (C=O) groups is 1. The van der Waals surface area contributed by atoms with E-state index in [1.165, 1.54) is 5.56 Å². The zero-order valence-electron chi connectivity index (χ0n) is 13.0. The van der Waals surface area contributed by atoms with Gasteiger partial charge in [-0.05, 0) is 47.2 Å². The zero-order chi connectivity index (χ0) is 16.7. The number of amides is 1. The number of thiophene rings is 1. The molecule has 0 aliphatic carbocycles. The molecule has 0 saturated carbocycles. The molecule has 1 amide bonds. The molecule has 0 atom stereocenters. The number of hydrogen-bond donors (Lipinski definition) is 2. The fourth-order valence-electron chi connectivity index (χ4n) is 2.81. The van der Waals surface area contributed by atoms with Gasteiger partial charge in [-0.3, -0.25) is 4.79 Å². The van der Waals surface area contributed by atoms with E-state index in [9.17, 15) is 4.79 Å². The van der Waals surface area contributed by atoms with E-state index < -0.39 is 5.91 Å². The fraction of sp³-hybridized carbons (Fsp3) is 0.0526. The smallest absolute Gasteiger partial charge is 0.250 e. The molecule has 4 nitrogen and oxygen atoms in total. The third-order valence-electron chi connectivity index (χ3n) is 3.94. The quantitative estimate of drug-likeness (QED) is 0.584. The van der Waals surface area contributed by atoms with Gasteiger partial charge in [0.15, 0.2) is 0 Å². The largest absolute Gasteiger partial charge is 0.366 e. The van der Waals surface area contributed by atoms with Crippen molar-refractivity contribution in [2.45, 2.75) is 6.92 Å². The van der Waals surface area contributed by atoms with Crippen molar-refractivity contribution in [2.75, 3.05) is 0 Å². The predicted molar refractivity (Wildman–Crippen MR) is 98.1 cm³/mol. The van der Waals surface area contributed by atoms with Crippen LogP contribution in [0.2, 0.25) is 0 Å². The number of rotatable bonds is 3. The van der Waals surface area contributed by atoms with Crippen LogP contribution in [0.25, 0.3) is 32.9 Å². The molecule has 2 heterocycles. The second-order valence-electron chi connectivity index (χ2n) is 5.72. The first-order valence-corrected chi connectivity index (χ1v) is 8.44. The van der Waals surface area contributed by atoms with E-state index in [-0.39, 0.29) is 0 Å². The number of primary amides is 1. The third kappa shape index (κ3) is 2.49. The van der Waals surface area contributed by atoms with Crippen LogP contribution in [0.3, 0.4) is 0 Å². The average molecular weight is 333 g/mol. The molecule has 24 heavy (non-hydrogen) atoms. The number of nitrogens with zero attached hydrogens (tertiary/aromatic N) is 1. The van der Waals surface area contributed by atoms with Gasteiger partial charge in [0.2, 0.25) is 0 Å². The Morgan fingerprint density at radius 1 is 1.12 bits per heavy atom. The Balaban J connectivity index is 1.82. The van der Waals surface area contributed by atoms with Gasteiger partial charge in [-0.2, -0.15) is 0 Å². The van der Waals surface area contributed by atoms with Crippen LogP contribution in [-0.4, -0.2) is 15.9 Å². The maximum absolute atomic E-state index is 11.7. The van der Waals surface area contributed by atoms with Crippen molar-refractivity contribution >= 4 is 28.3 Å². The Hall–Kier alpha value is -2.92. The normalized spacial score (nSPS) is 11.0. The summed E-state index contributed by atoms with van der Waals surface area (Å²) in [6, 6.07) is 16.1. The number of nitrogens with two attached hydrogens (primary N) is 1. The van der Waals surface area contributed by atoms with Gasteiger partial charge < -0.3 is 10.7 Å². The van der Waals surface area contributed by atoms with Gasteiger partial charge in [-0.1, -0.05) is 30.3 Å². The monoisotopic (exact) mass is 333 g/mol. The summed E-state index contributed by atoms with van der Waals surface area (Å²) in [6.07, 6.45) is 0. The van der Waals surface area contributed by atoms with Crippen LogP contribution in [0.4, 0.5) is 0 Å². The van der Waals surface area contributed by atoms with Gasteiger partial charge in [0, 0.05) is 0 Å². The minimum Gasteiger partial charge on any atom is -0.366 e. The van der Waals surface area contributed by atoms with E-state index in [1.807, 2.05) is 31.2 Å². The van der Waals surface area contributed by atoms with Gasteiger partial charge in [-0.25, -0.2) is 4.98 Å². The van der Waals surface area contributed by atoms with Gasteiger partial charge in [-0.15, -0.1) is 11.3 Å². The summed E-state index contributed by atoms with van der Waals surface area (Å²) in [5.41, 5.74) is 10.7. The molecule has 0 spiro atoms. The molecular weight excluding hydrogens is 318 g/mol. The number of benzene rings is 2. The Kier molecular flexibility index (Phi) is 3.43.